The van der Waals surface area contributed by atoms with E-state index in [0.717, 1.165) is 17.9 Å². The largest absolute Gasteiger partial charge is 0.497 e. The zero-order valence-electron chi connectivity index (χ0n) is 11.9. The molecule has 1 aromatic carbocycles. The third kappa shape index (κ3) is 5.32. The monoisotopic (exact) mass is 316 g/mol. The van der Waals surface area contributed by atoms with Gasteiger partial charge in [-0.1, -0.05) is 0 Å². The van der Waals surface area contributed by atoms with E-state index in [4.69, 9.17) is 14.6 Å². The van der Waals surface area contributed by atoms with Crippen LogP contribution in [0.4, 0.5) is 4.79 Å². The van der Waals surface area contributed by atoms with E-state index in [1.807, 2.05) is 24.3 Å². The van der Waals surface area contributed by atoms with Gasteiger partial charge in [-0.05, 0) is 30.7 Å². The quantitative estimate of drug-likeness (QED) is 0.867. The summed E-state index contributed by atoms with van der Waals surface area (Å²) in [7, 11) is 1.62. The van der Waals surface area contributed by atoms with Gasteiger partial charge in [0.2, 0.25) is 0 Å². The van der Waals surface area contributed by atoms with Crippen LogP contribution in [0.2, 0.25) is 0 Å². The lowest BCUT2D eigenvalue weighted by molar-refractivity contribution is 0.124. The highest BCUT2D eigenvalue weighted by atomic mass is 35.5. The lowest BCUT2D eigenvalue weighted by atomic mass is 10.1. The molecule has 0 spiro atoms. The number of benzene rings is 1. The van der Waals surface area contributed by atoms with Crippen molar-refractivity contribution < 1.29 is 19.4 Å². The fourth-order valence-electron chi connectivity index (χ4n) is 2.18. The van der Waals surface area contributed by atoms with Gasteiger partial charge in [-0.2, -0.15) is 0 Å². The van der Waals surface area contributed by atoms with Crippen molar-refractivity contribution in [3.8, 4) is 11.5 Å². The SMILES string of the molecule is COc1ccc(OCC[C@@H]2CN(C(=O)O)CCN2)cc1.Cl. The first-order valence-electron chi connectivity index (χ1n) is 6.67. The van der Waals surface area contributed by atoms with E-state index >= 15 is 0 Å². The molecule has 1 fully saturated rings. The fourth-order valence-corrected chi connectivity index (χ4v) is 2.18. The van der Waals surface area contributed by atoms with E-state index in [-0.39, 0.29) is 18.4 Å². The second-order valence-electron chi connectivity index (χ2n) is 4.69. The molecular weight excluding hydrogens is 296 g/mol. The molecule has 1 saturated heterocycles. The van der Waals surface area contributed by atoms with E-state index in [0.29, 0.717) is 26.2 Å². The minimum atomic E-state index is -0.854. The molecule has 0 bridgehead atoms. The average Bonchev–Trinajstić information content (AvgIpc) is 2.48. The van der Waals surface area contributed by atoms with Gasteiger partial charge in [0.1, 0.15) is 11.5 Å². The summed E-state index contributed by atoms with van der Waals surface area (Å²) in [5, 5.41) is 12.3. The van der Waals surface area contributed by atoms with E-state index in [1.54, 1.807) is 7.11 Å². The number of nitrogens with zero attached hydrogens (tertiary/aromatic N) is 1. The van der Waals surface area contributed by atoms with Crippen LogP contribution in [0.25, 0.3) is 0 Å². The number of ether oxygens (including phenoxy) is 2. The average molecular weight is 317 g/mol. The van der Waals surface area contributed by atoms with E-state index < -0.39 is 6.09 Å². The number of halogens is 1. The van der Waals surface area contributed by atoms with Crippen LogP contribution in [-0.2, 0) is 0 Å². The Morgan fingerprint density at radius 1 is 1.38 bits per heavy atom. The molecule has 0 radical (unpaired) electrons. The molecule has 7 heteroatoms. The lowest BCUT2D eigenvalue weighted by Gasteiger charge is -2.31. The molecule has 21 heavy (non-hydrogen) atoms. The Hall–Kier alpha value is -1.66. The Kier molecular flexibility index (Phi) is 7.11. The summed E-state index contributed by atoms with van der Waals surface area (Å²) in [6, 6.07) is 7.56. The molecular formula is C14H21ClN2O4. The number of methoxy groups -OCH3 is 1. The van der Waals surface area contributed by atoms with Crippen LogP contribution < -0.4 is 14.8 Å². The molecule has 118 valence electrons. The van der Waals surface area contributed by atoms with Gasteiger partial charge in [0.05, 0.1) is 13.7 Å². The number of hydrogen-bond donors (Lipinski definition) is 2. The number of hydrogen-bond acceptors (Lipinski definition) is 4. The number of amides is 1. The highest BCUT2D eigenvalue weighted by molar-refractivity contribution is 5.85. The minimum absolute atomic E-state index is 0. The Bertz CT molecular complexity index is 441. The molecule has 0 aliphatic carbocycles. The van der Waals surface area contributed by atoms with Crippen molar-refractivity contribution in [2.24, 2.45) is 0 Å². The van der Waals surface area contributed by atoms with E-state index in [9.17, 15) is 4.79 Å². The summed E-state index contributed by atoms with van der Waals surface area (Å²) in [5.74, 6) is 1.58. The number of nitrogens with one attached hydrogen (secondary N) is 1. The molecule has 1 atom stereocenters. The molecule has 2 N–H and O–H groups in total. The van der Waals surface area contributed by atoms with Gasteiger partial charge in [-0.3, -0.25) is 0 Å². The Balaban J connectivity index is 0.00000220. The van der Waals surface area contributed by atoms with Crippen molar-refractivity contribution in [3.05, 3.63) is 24.3 Å². The van der Waals surface area contributed by atoms with Crippen molar-refractivity contribution in [2.45, 2.75) is 12.5 Å². The van der Waals surface area contributed by atoms with Crippen LogP contribution in [0.1, 0.15) is 6.42 Å². The lowest BCUT2D eigenvalue weighted by Crippen LogP contribution is -2.52. The zero-order valence-corrected chi connectivity index (χ0v) is 12.8. The van der Waals surface area contributed by atoms with Gasteiger partial charge in [-0.15, -0.1) is 12.4 Å². The highest BCUT2D eigenvalue weighted by Gasteiger charge is 2.22. The van der Waals surface area contributed by atoms with Crippen molar-refractivity contribution in [1.29, 1.82) is 0 Å². The third-order valence-electron chi connectivity index (χ3n) is 3.32. The van der Waals surface area contributed by atoms with Gasteiger partial charge < -0.3 is 24.8 Å². The van der Waals surface area contributed by atoms with Gasteiger partial charge in [0.25, 0.3) is 0 Å². The van der Waals surface area contributed by atoms with Crippen LogP contribution in [0.5, 0.6) is 11.5 Å². The summed E-state index contributed by atoms with van der Waals surface area (Å²) in [6.45, 7) is 2.31. The smallest absolute Gasteiger partial charge is 0.407 e. The minimum Gasteiger partial charge on any atom is -0.497 e. The standard InChI is InChI=1S/C14H20N2O4.ClH/c1-19-12-2-4-13(5-3-12)20-9-6-11-10-16(14(17)18)8-7-15-11;/h2-5,11,15H,6-10H2,1H3,(H,17,18);1H/t11-;/m1./s1. The molecule has 0 aromatic heterocycles. The highest BCUT2D eigenvalue weighted by Crippen LogP contribution is 2.17. The molecule has 1 amide bonds. The van der Waals surface area contributed by atoms with Crippen molar-refractivity contribution in [3.63, 3.8) is 0 Å². The number of carbonyl (C=O) groups is 1. The maximum Gasteiger partial charge on any atom is 0.407 e. The van der Waals surface area contributed by atoms with Crippen molar-refractivity contribution >= 4 is 18.5 Å². The summed E-state index contributed by atoms with van der Waals surface area (Å²) in [6.07, 6.45) is -0.0805. The van der Waals surface area contributed by atoms with Crippen molar-refractivity contribution in [1.82, 2.24) is 10.2 Å². The van der Waals surface area contributed by atoms with E-state index in [1.165, 1.54) is 4.90 Å². The first-order valence-corrected chi connectivity index (χ1v) is 6.67. The third-order valence-corrected chi connectivity index (χ3v) is 3.32. The summed E-state index contributed by atoms with van der Waals surface area (Å²) < 4.78 is 10.7. The van der Waals surface area contributed by atoms with Crippen LogP contribution >= 0.6 is 12.4 Å². The van der Waals surface area contributed by atoms with Gasteiger partial charge >= 0.3 is 6.09 Å². The molecule has 1 aliphatic rings. The van der Waals surface area contributed by atoms with Gasteiger partial charge in [-0.25, -0.2) is 4.79 Å². The first-order chi connectivity index (χ1) is 9.69. The van der Waals surface area contributed by atoms with Crippen molar-refractivity contribution in [2.75, 3.05) is 33.4 Å². The van der Waals surface area contributed by atoms with Crippen LogP contribution in [-0.4, -0.2) is 55.5 Å². The summed E-state index contributed by atoms with van der Waals surface area (Å²) >= 11 is 0. The molecule has 0 unspecified atom stereocenters. The first kappa shape index (κ1) is 17.4. The number of carboxylic acid groups (broad SMARTS) is 1. The predicted molar refractivity (Wildman–Crippen MR) is 81.7 cm³/mol. The second-order valence-corrected chi connectivity index (χ2v) is 4.69. The van der Waals surface area contributed by atoms with Crippen LogP contribution in [0.3, 0.4) is 0 Å². The topological polar surface area (TPSA) is 71.0 Å². The molecule has 1 heterocycles. The molecule has 0 saturated carbocycles. The Morgan fingerprint density at radius 3 is 2.67 bits per heavy atom. The molecule has 6 nitrogen and oxygen atoms in total. The van der Waals surface area contributed by atoms with Gasteiger partial charge in [0.15, 0.2) is 0 Å². The fraction of sp³-hybridized carbons (Fsp3) is 0.500. The Morgan fingerprint density at radius 2 is 2.05 bits per heavy atom. The van der Waals surface area contributed by atoms with E-state index in [2.05, 4.69) is 5.32 Å². The zero-order chi connectivity index (χ0) is 14.4. The predicted octanol–water partition coefficient (Wildman–Crippen LogP) is 1.84. The summed E-state index contributed by atoms with van der Waals surface area (Å²) in [4.78, 5) is 12.3. The van der Waals surface area contributed by atoms with Crippen LogP contribution in [0, 0.1) is 0 Å². The molecule has 1 aromatic rings. The normalized spacial score (nSPS) is 17.8. The Labute approximate surface area is 130 Å². The summed E-state index contributed by atoms with van der Waals surface area (Å²) in [5.41, 5.74) is 0. The number of rotatable bonds is 5. The van der Waals surface area contributed by atoms with Crippen LogP contribution in [0.15, 0.2) is 24.3 Å². The second kappa shape index (κ2) is 8.59. The maximum atomic E-state index is 10.9. The number of piperazine rings is 1. The molecule has 2 rings (SSSR count). The molecule has 1 aliphatic heterocycles. The maximum absolute atomic E-state index is 10.9. The van der Waals surface area contributed by atoms with Gasteiger partial charge in [0, 0.05) is 25.7 Å².